The van der Waals surface area contributed by atoms with Gasteiger partial charge in [-0.1, -0.05) is 20.8 Å². The zero-order valence-electron chi connectivity index (χ0n) is 11.7. The second-order valence-electron chi connectivity index (χ2n) is 6.02. The smallest absolute Gasteiger partial charge is 0.221 e. The summed E-state index contributed by atoms with van der Waals surface area (Å²) in [5.74, 6) is 1.59. The van der Waals surface area contributed by atoms with Crippen LogP contribution in [0.5, 0.6) is 0 Å². The van der Waals surface area contributed by atoms with E-state index in [4.69, 9.17) is 10.2 Å². The van der Waals surface area contributed by atoms with Gasteiger partial charge in [-0.25, -0.2) is 0 Å². The molecule has 0 aliphatic heterocycles. The Kier molecular flexibility index (Phi) is 4.96. The predicted molar refractivity (Wildman–Crippen MR) is 72.0 cm³/mol. The summed E-state index contributed by atoms with van der Waals surface area (Å²) in [4.78, 5) is 11.7. The Morgan fingerprint density at radius 1 is 1.44 bits per heavy atom. The van der Waals surface area contributed by atoms with Crippen molar-refractivity contribution in [1.82, 2.24) is 5.32 Å². The van der Waals surface area contributed by atoms with Crippen molar-refractivity contribution in [3.05, 3.63) is 23.7 Å². The van der Waals surface area contributed by atoms with Gasteiger partial charge in [-0.2, -0.15) is 0 Å². The first-order chi connectivity index (χ1) is 8.26. The summed E-state index contributed by atoms with van der Waals surface area (Å²) in [6.07, 6.45) is 1.19. The van der Waals surface area contributed by atoms with Crippen LogP contribution in [0.2, 0.25) is 0 Å². The minimum Gasteiger partial charge on any atom is -0.465 e. The van der Waals surface area contributed by atoms with Crippen molar-refractivity contribution in [2.24, 2.45) is 11.1 Å². The van der Waals surface area contributed by atoms with Crippen LogP contribution in [-0.2, 0) is 11.3 Å². The molecule has 0 fully saturated rings. The van der Waals surface area contributed by atoms with Gasteiger partial charge in [0.15, 0.2) is 0 Å². The first-order valence-electron chi connectivity index (χ1n) is 6.34. The maximum atomic E-state index is 11.7. The highest BCUT2D eigenvalue weighted by Crippen LogP contribution is 2.20. The molecule has 0 aliphatic rings. The van der Waals surface area contributed by atoms with Gasteiger partial charge in [-0.15, -0.1) is 0 Å². The SMILES string of the molecule is Cc1ccc(CNC(=O)CC(N)CC(C)(C)C)o1. The third kappa shape index (κ3) is 5.87. The summed E-state index contributed by atoms with van der Waals surface area (Å²) >= 11 is 0. The largest absolute Gasteiger partial charge is 0.465 e. The number of rotatable bonds is 5. The Morgan fingerprint density at radius 3 is 2.61 bits per heavy atom. The lowest BCUT2D eigenvalue weighted by atomic mass is 9.87. The van der Waals surface area contributed by atoms with Crippen molar-refractivity contribution in [1.29, 1.82) is 0 Å². The van der Waals surface area contributed by atoms with Crippen LogP contribution in [0.4, 0.5) is 0 Å². The molecule has 3 N–H and O–H groups in total. The van der Waals surface area contributed by atoms with Gasteiger partial charge in [0.1, 0.15) is 11.5 Å². The molecule has 0 aliphatic carbocycles. The van der Waals surface area contributed by atoms with E-state index in [1.54, 1.807) is 0 Å². The summed E-state index contributed by atoms with van der Waals surface area (Å²) in [5.41, 5.74) is 6.10. The molecular weight excluding hydrogens is 228 g/mol. The fraction of sp³-hybridized carbons (Fsp3) is 0.643. The number of hydrogen-bond acceptors (Lipinski definition) is 3. The lowest BCUT2D eigenvalue weighted by molar-refractivity contribution is -0.121. The van der Waals surface area contributed by atoms with Crippen LogP contribution in [0, 0.1) is 12.3 Å². The van der Waals surface area contributed by atoms with E-state index in [0.717, 1.165) is 17.9 Å². The van der Waals surface area contributed by atoms with Crippen LogP contribution < -0.4 is 11.1 Å². The van der Waals surface area contributed by atoms with Crippen LogP contribution in [0.25, 0.3) is 0 Å². The topological polar surface area (TPSA) is 68.3 Å². The van der Waals surface area contributed by atoms with Crippen LogP contribution in [0.15, 0.2) is 16.5 Å². The summed E-state index contributed by atoms with van der Waals surface area (Å²) < 4.78 is 5.37. The summed E-state index contributed by atoms with van der Waals surface area (Å²) in [5, 5.41) is 2.82. The molecule has 0 aromatic carbocycles. The molecule has 0 radical (unpaired) electrons. The minimum atomic E-state index is -0.0941. The van der Waals surface area contributed by atoms with Gasteiger partial charge < -0.3 is 15.5 Å². The molecule has 18 heavy (non-hydrogen) atoms. The fourth-order valence-electron chi connectivity index (χ4n) is 1.93. The summed E-state index contributed by atoms with van der Waals surface area (Å²) in [6, 6.07) is 3.65. The van der Waals surface area contributed by atoms with Gasteiger partial charge in [0, 0.05) is 12.5 Å². The molecule has 0 saturated carbocycles. The first kappa shape index (κ1) is 14.8. The van der Waals surface area contributed by atoms with E-state index in [0.29, 0.717) is 13.0 Å². The van der Waals surface area contributed by atoms with Crippen LogP contribution in [0.3, 0.4) is 0 Å². The van der Waals surface area contributed by atoms with Crippen molar-refractivity contribution in [3.8, 4) is 0 Å². The minimum absolute atomic E-state index is 0.0270. The molecule has 1 aromatic rings. The van der Waals surface area contributed by atoms with Crippen molar-refractivity contribution in [2.75, 3.05) is 0 Å². The second-order valence-corrected chi connectivity index (χ2v) is 6.02. The van der Waals surface area contributed by atoms with E-state index < -0.39 is 0 Å². The highest BCUT2D eigenvalue weighted by Gasteiger charge is 2.18. The highest BCUT2D eigenvalue weighted by atomic mass is 16.3. The van der Waals surface area contributed by atoms with Crippen LogP contribution in [0.1, 0.15) is 45.1 Å². The van der Waals surface area contributed by atoms with Gasteiger partial charge >= 0.3 is 0 Å². The van der Waals surface area contributed by atoms with E-state index in [1.165, 1.54) is 0 Å². The lowest BCUT2D eigenvalue weighted by Crippen LogP contribution is -2.33. The number of hydrogen-bond donors (Lipinski definition) is 2. The number of aryl methyl sites for hydroxylation is 1. The van der Waals surface area contributed by atoms with Crippen molar-refractivity contribution >= 4 is 5.91 Å². The molecule has 1 unspecified atom stereocenters. The molecule has 0 spiro atoms. The van der Waals surface area contributed by atoms with E-state index in [1.807, 2.05) is 19.1 Å². The van der Waals surface area contributed by atoms with E-state index in [9.17, 15) is 4.79 Å². The van der Waals surface area contributed by atoms with Crippen molar-refractivity contribution in [3.63, 3.8) is 0 Å². The molecule has 1 aromatic heterocycles. The van der Waals surface area contributed by atoms with Crippen molar-refractivity contribution in [2.45, 2.75) is 53.1 Å². The molecule has 0 saturated heterocycles. The fourth-order valence-corrected chi connectivity index (χ4v) is 1.93. The molecular formula is C14H24N2O2. The molecule has 1 rings (SSSR count). The third-order valence-electron chi connectivity index (χ3n) is 2.58. The van der Waals surface area contributed by atoms with Gasteiger partial charge in [0.05, 0.1) is 6.54 Å². The van der Waals surface area contributed by atoms with Crippen LogP contribution in [-0.4, -0.2) is 11.9 Å². The van der Waals surface area contributed by atoms with Gasteiger partial charge in [-0.05, 0) is 30.9 Å². The molecule has 1 heterocycles. The quantitative estimate of drug-likeness (QED) is 0.845. The zero-order valence-corrected chi connectivity index (χ0v) is 11.7. The van der Waals surface area contributed by atoms with Gasteiger partial charge in [0.25, 0.3) is 0 Å². The maximum Gasteiger partial charge on any atom is 0.221 e. The molecule has 0 bridgehead atoms. The maximum absolute atomic E-state index is 11.7. The summed E-state index contributed by atoms with van der Waals surface area (Å²) in [6.45, 7) is 8.67. The number of carbonyl (C=O) groups excluding carboxylic acids is 1. The predicted octanol–water partition coefficient (Wildman–Crippen LogP) is 2.36. The first-order valence-corrected chi connectivity index (χ1v) is 6.34. The summed E-state index contributed by atoms with van der Waals surface area (Å²) in [7, 11) is 0. The Bertz CT molecular complexity index is 391. The average molecular weight is 252 g/mol. The average Bonchev–Trinajstić information content (AvgIpc) is 2.58. The molecule has 102 valence electrons. The van der Waals surface area contributed by atoms with Gasteiger partial charge in [0.2, 0.25) is 5.91 Å². The van der Waals surface area contributed by atoms with Gasteiger partial charge in [-0.3, -0.25) is 4.79 Å². The molecule has 1 amide bonds. The zero-order chi connectivity index (χ0) is 13.8. The monoisotopic (exact) mass is 252 g/mol. The van der Waals surface area contributed by atoms with Crippen LogP contribution >= 0.6 is 0 Å². The number of carbonyl (C=O) groups is 1. The Hall–Kier alpha value is -1.29. The van der Waals surface area contributed by atoms with E-state index >= 15 is 0 Å². The van der Waals surface area contributed by atoms with Crippen molar-refractivity contribution < 1.29 is 9.21 Å². The lowest BCUT2D eigenvalue weighted by Gasteiger charge is -2.22. The highest BCUT2D eigenvalue weighted by molar-refractivity contribution is 5.76. The Morgan fingerprint density at radius 2 is 2.11 bits per heavy atom. The Balaban J connectivity index is 2.29. The normalized spacial score (nSPS) is 13.4. The standard InChI is InChI=1S/C14H24N2O2/c1-10-5-6-12(18-10)9-16-13(17)7-11(15)8-14(2,3)4/h5-6,11H,7-9,15H2,1-4H3,(H,16,17). The third-order valence-corrected chi connectivity index (χ3v) is 2.58. The van der Waals surface area contributed by atoms with E-state index in [2.05, 4.69) is 26.1 Å². The van der Waals surface area contributed by atoms with E-state index in [-0.39, 0.29) is 17.4 Å². The number of furan rings is 1. The second kappa shape index (κ2) is 6.05. The number of amides is 1. The Labute approximate surface area is 109 Å². The molecule has 1 atom stereocenters. The molecule has 4 heteroatoms. The number of nitrogens with two attached hydrogens (primary N) is 1. The number of nitrogens with one attached hydrogen (secondary N) is 1. The molecule has 4 nitrogen and oxygen atoms in total.